The minimum absolute atomic E-state index is 0.0535. The number of benzene rings is 2. The lowest BCUT2D eigenvalue weighted by atomic mass is 9.98. The van der Waals surface area contributed by atoms with Crippen LogP contribution in [0.3, 0.4) is 0 Å². The lowest BCUT2D eigenvalue weighted by molar-refractivity contribution is -0.159. The number of rotatable bonds is 5. The summed E-state index contributed by atoms with van der Waals surface area (Å²) in [6.07, 6.45) is 0.247. The maximum atomic E-state index is 13.1. The molecule has 5 rings (SSSR count). The molecule has 0 aromatic heterocycles. The molecule has 0 bridgehead atoms. The molecular weight excluding hydrogens is 412 g/mol. The summed E-state index contributed by atoms with van der Waals surface area (Å²) in [4.78, 5) is 38.5. The first-order chi connectivity index (χ1) is 15.5. The van der Waals surface area contributed by atoms with Gasteiger partial charge < -0.3 is 24.8 Å². The van der Waals surface area contributed by atoms with Crippen LogP contribution < -0.4 is 5.32 Å². The number of nitrogens with one attached hydrogen (secondary N) is 1. The van der Waals surface area contributed by atoms with Crippen LogP contribution in [0.15, 0.2) is 48.5 Å². The zero-order valence-corrected chi connectivity index (χ0v) is 17.5. The molecule has 166 valence electrons. The molecule has 1 aliphatic heterocycles. The van der Waals surface area contributed by atoms with Gasteiger partial charge in [-0.3, -0.25) is 4.79 Å². The Hall–Kier alpha value is -3.39. The summed E-state index contributed by atoms with van der Waals surface area (Å²) < 4.78 is 10.8. The number of amides is 2. The highest BCUT2D eigenvalue weighted by molar-refractivity contribution is 5.95. The molecule has 1 unspecified atom stereocenters. The largest absolute Gasteiger partial charge is 0.480 e. The van der Waals surface area contributed by atoms with Gasteiger partial charge in [0, 0.05) is 12.5 Å². The number of aliphatic carboxylic acids is 1. The van der Waals surface area contributed by atoms with Gasteiger partial charge in [-0.1, -0.05) is 48.5 Å². The van der Waals surface area contributed by atoms with E-state index in [2.05, 4.69) is 17.4 Å². The van der Waals surface area contributed by atoms with E-state index in [0.717, 1.165) is 22.3 Å². The van der Waals surface area contributed by atoms with Crippen molar-refractivity contribution in [3.05, 3.63) is 59.7 Å². The number of fused-ring (bicyclic) bond motifs is 3. The van der Waals surface area contributed by atoms with Crippen LogP contribution in [-0.4, -0.2) is 65.9 Å². The van der Waals surface area contributed by atoms with E-state index in [0.29, 0.717) is 12.8 Å². The van der Waals surface area contributed by atoms with Crippen molar-refractivity contribution in [1.29, 1.82) is 0 Å². The summed E-state index contributed by atoms with van der Waals surface area (Å²) in [5.41, 5.74) is 3.40. The molecular formula is C24H24N2O6. The van der Waals surface area contributed by atoms with Crippen LogP contribution in [0.25, 0.3) is 11.1 Å². The van der Waals surface area contributed by atoms with E-state index in [4.69, 9.17) is 9.47 Å². The highest BCUT2D eigenvalue weighted by atomic mass is 16.5. The predicted molar refractivity (Wildman–Crippen MR) is 114 cm³/mol. The number of alkyl carbamates (subject to hydrolysis) is 1. The van der Waals surface area contributed by atoms with E-state index in [-0.39, 0.29) is 38.2 Å². The number of carboxylic acid groups (broad SMARTS) is 1. The summed E-state index contributed by atoms with van der Waals surface area (Å²) >= 11 is 0. The Morgan fingerprint density at radius 1 is 1.06 bits per heavy atom. The van der Waals surface area contributed by atoms with Gasteiger partial charge >= 0.3 is 12.1 Å². The number of morpholine rings is 1. The molecule has 0 spiro atoms. The van der Waals surface area contributed by atoms with Crippen molar-refractivity contribution >= 4 is 18.0 Å². The maximum absolute atomic E-state index is 13.1. The Bertz CT molecular complexity index is 1030. The number of ether oxygens (including phenoxy) is 2. The van der Waals surface area contributed by atoms with E-state index in [9.17, 15) is 19.5 Å². The molecule has 2 N–H and O–H groups in total. The predicted octanol–water partition coefficient (Wildman–Crippen LogP) is 2.37. The normalized spacial score (nSPS) is 20.8. The van der Waals surface area contributed by atoms with Gasteiger partial charge in [0.05, 0.1) is 13.2 Å². The highest BCUT2D eigenvalue weighted by Crippen LogP contribution is 2.44. The maximum Gasteiger partial charge on any atom is 0.408 e. The summed E-state index contributed by atoms with van der Waals surface area (Å²) in [5.74, 6) is -1.58. The van der Waals surface area contributed by atoms with E-state index in [1.807, 2.05) is 36.4 Å². The van der Waals surface area contributed by atoms with Crippen molar-refractivity contribution in [3.63, 3.8) is 0 Å². The van der Waals surface area contributed by atoms with Crippen LogP contribution in [0.1, 0.15) is 29.9 Å². The van der Waals surface area contributed by atoms with Crippen molar-refractivity contribution in [2.75, 3.05) is 26.4 Å². The molecule has 2 aliphatic carbocycles. The fourth-order valence-corrected chi connectivity index (χ4v) is 4.67. The Morgan fingerprint density at radius 2 is 1.69 bits per heavy atom. The van der Waals surface area contributed by atoms with Crippen LogP contribution in [0.2, 0.25) is 0 Å². The van der Waals surface area contributed by atoms with Gasteiger partial charge in [-0.15, -0.1) is 0 Å². The number of carboxylic acids is 1. The molecule has 2 amide bonds. The van der Waals surface area contributed by atoms with Crippen molar-refractivity contribution in [3.8, 4) is 11.1 Å². The van der Waals surface area contributed by atoms with Crippen molar-refractivity contribution in [1.82, 2.24) is 10.2 Å². The first-order valence-corrected chi connectivity index (χ1v) is 10.7. The minimum atomic E-state index is -1.12. The van der Waals surface area contributed by atoms with Crippen molar-refractivity contribution in [2.24, 2.45) is 0 Å². The Kier molecular flexibility index (Phi) is 5.09. The molecule has 1 heterocycles. The first kappa shape index (κ1) is 20.5. The average molecular weight is 436 g/mol. The molecule has 2 aromatic carbocycles. The van der Waals surface area contributed by atoms with Gasteiger partial charge in [-0.05, 0) is 35.1 Å². The third kappa shape index (κ3) is 3.50. The second-order valence-electron chi connectivity index (χ2n) is 8.46. The van der Waals surface area contributed by atoms with Gasteiger partial charge in [-0.25, -0.2) is 9.59 Å². The zero-order chi connectivity index (χ0) is 22.3. The Balaban J connectivity index is 1.26. The second kappa shape index (κ2) is 7.94. The standard InChI is InChI=1S/C24H24N2O6/c27-21(28)20-14-31-12-11-26(20)22(29)24(9-10-24)25-23(30)32-13-19-17-7-3-1-5-15(17)16-6-2-4-8-18(16)19/h1-8,19-20H,9-14H2,(H,25,30)(H,27,28). The van der Waals surface area contributed by atoms with Gasteiger partial charge in [0.2, 0.25) is 5.91 Å². The van der Waals surface area contributed by atoms with Crippen LogP contribution in [0.4, 0.5) is 4.79 Å². The molecule has 8 heteroatoms. The Labute approximate surface area is 185 Å². The van der Waals surface area contributed by atoms with E-state index < -0.39 is 23.6 Å². The minimum Gasteiger partial charge on any atom is -0.480 e. The third-order valence-electron chi connectivity index (χ3n) is 6.52. The average Bonchev–Trinajstić information content (AvgIpc) is 3.52. The van der Waals surface area contributed by atoms with Gasteiger partial charge in [0.15, 0.2) is 6.04 Å². The smallest absolute Gasteiger partial charge is 0.408 e. The van der Waals surface area contributed by atoms with E-state index in [1.54, 1.807) is 0 Å². The monoisotopic (exact) mass is 436 g/mol. The SMILES string of the molecule is O=C(NC1(C(=O)N2CCOCC2C(=O)O)CC1)OCC1c2ccccc2-c2ccccc21. The van der Waals surface area contributed by atoms with Crippen molar-refractivity contribution < 1.29 is 29.0 Å². The quantitative estimate of drug-likeness (QED) is 0.746. The lowest BCUT2D eigenvalue weighted by Gasteiger charge is -2.35. The molecule has 1 saturated carbocycles. The lowest BCUT2D eigenvalue weighted by Crippen LogP contribution is -2.59. The van der Waals surface area contributed by atoms with Crippen LogP contribution in [0.5, 0.6) is 0 Å². The number of carbonyl (C=O) groups excluding carboxylic acids is 2. The first-order valence-electron chi connectivity index (χ1n) is 10.7. The number of nitrogens with zero attached hydrogens (tertiary/aromatic N) is 1. The summed E-state index contributed by atoms with van der Waals surface area (Å²) in [5, 5.41) is 12.1. The number of carbonyl (C=O) groups is 3. The van der Waals surface area contributed by atoms with Crippen LogP contribution in [-0.2, 0) is 19.1 Å². The van der Waals surface area contributed by atoms with Gasteiger partial charge in [0.25, 0.3) is 0 Å². The second-order valence-corrected chi connectivity index (χ2v) is 8.46. The van der Waals surface area contributed by atoms with E-state index >= 15 is 0 Å². The molecule has 32 heavy (non-hydrogen) atoms. The van der Waals surface area contributed by atoms with Gasteiger partial charge in [-0.2, -0.15) is 0 Å². The molecule has 0 radical (unpaired) electrons. The summed E-state index contributed by atoms with van der Waals surface area (Å²) in [7, 11) is 0. The fourth-order valence-electron chi connectivity index (χ4n) is 4.67. The summed E-state index contributed by atoms with van der Waals surface area (Å²) in [6, 6.07) is 15.1. The fraction of sp³-hybridized carbons (Fsp3) is 0.375. The molecule has 1 atom stereocenters. The number of hydrogen-bond donors (Lipinski definition) is 2. The molecule has 1 saturated heterocycles. The van der Waals surface area contributed by atoms with Crippen molar-refractivity contribution in [2.45, 2.75) is 30.3 Å². The summed E-state index contributed by atoms with van der Waals surface area (Å²) in [6.45, 7) is 0.558. The molecule has 3 aliphatic rings. The van der Waals surface area contributed by atoms with Crippen LogP contribution >= 0.6 is 0 Å². The van der Waals surface area contributed by atoms with E-state index in [1.165, 1.54) is 4.90 Å². The third-order valence-corrected chi connectivity index (χ3v) is 6.52. The molecule has 8 nitrogen and oxygen atoms in total. The highest BCUT2D eigenvalue weighted by Gasteiger charge is 2.55. The molecule has 2 fully saturated rings. The molecule has 2 aromatic rings. The topological polar surface area (TPSA) is 105 Å². The Morgan fingerprint density at radius 3 is 2.28 bits per heavy atom. The van der Waals surface area contributed by atoms with Gasteiger partial charge in [0.1, 0.15) is 12.1 Å². The van der Waals surface area contributed by atoms with Crippen LogP contribution in [0, 0.1) is 0 Å². The number of hydrogen-bond acceptors (Lipinski definition) is 5. The zero-order valence-electron chi connectivity index (χ0n) is 17.5.